The molecule has 0 fully saturated rings. The van der Waals surface area contributed by atoms with Crippen molar-refractivity contribution in [2.24, 2.45) is 0 Å². The molecule has 4 heterocycles. The fourth-order valence-electron chi connectivity index (χ4n) is 5.07. The van der Waals surface area contributed by atoms with Gasteiger partial charge >= 0.3 is 0 Å². The molecule has 9 nitrogen and oxygen atoms in total. The summed E-state index contributed by atoms with van der Waals surface area (Å²) in [5, 5.41) is 14.9. The Morgan fingerprint density at radius 2 is 1.97 bits per heavy atom. The number of nitrogens with one attached hydrogen (secondary N) is 1. The van der Waals surface area contributed by atoms with Gasteiger partial charge in [0.05, 0.1) is 47.1 Å². The monoisotopic (exact) mass is 504 g/mol. The van der Waals surface area contributed by atoms with Crippen LogP contribution in [-0.4, -0.2) is 43.8 Å². The second-order valence-corrected chi connectivity index (χ2v) is 9.35. The summed E-state index contributed by atoms with van der Waals surface area (Å²) in [5.41, 5.74) is 4.96. The van der Waals surface area contributed by atoms with Gasteiger partial charge in [-0.2, -0.15) is 10.4 Å². The van der Waals surface area contributed by atoms with Gasteiger partial charge in [0, 0.05) is 47.2 Å². The molecule has 184 valence electrons. The van der Waals surface area contributed by atoms with E-state index < -0.39 is 0 Å². The van der Waals surface area contributed by atoms with Gasteiger partial charge in [-0.15, -0.1) is 0 Å². The van der Waals surface area contributed by atoms with Crippen molar-refractivity contribution in [3.8, 4) is 22.9 Å². The molecule has 10 heteroatoms. The number of hydrogen-bond acceptors (Lipinski definition) is 5. The van der Waals surface area contributed by atoms with E-state index in [-0.39, 0.29) is 24.6 Å². The summed E-state index contributed by atoms with van der Waals surface area (Å²) in [6.45, 7) is 6.70. The van der Waals surface area contributed by atoms with Crippen molar-refractivity contribution < 1.29 is 9.53 Å². The van der Waals surface area contributed by atoms with Crippen molar-refractivity contribution in [2.75, 3.05) is 13.7 Å². The Bertz CT molecular complexity index is 1640. The van der Waals surface area contributed by atoms with Crippen LogP contribution >= 0.6 is 11.6 Å². The van der Waals surface area contributed by atoms with E-state index >= 15 is 0 Å². The van der Waals surface area contributed by atoms with Gasteiger partial charge in [-0.3, -0.25) is 14.3 Å². The number of aromatic amines is 1. The van der Waals surface area contributed by atoms with Crippen LogP contribution in [0.5, 0.6) is 5.75 Å². The molecule has 0 aliphatic carbocycles. The molecular formula is C26H25ClN6O3. The molecule has 1 aliphatic heterocycles. The zero-order valence-electron chi connectivity index (χ0n) is 20.5. The lowest BCUT2D eigenvalue weighted by Crippen LogP contribution is -2.34. The number of halogens is 1. The number of aryl methyl sites for hydroxylation is 2. The van der Waals surface area contributed by atoms with Gasteiger partial charge in [0.1, 0.15) is 12.3 Å². The Morgan fingerprint density at radius 3 is 2.69 bits per heavy atom. The van der Waals surface area contributed by atoms with Crippen molar-refractivity contribution in [1.82, 2.24) is 24.2 Å². The second-order valence-electron chi connectivity index (χ2n) is 8.98. The third-order valence-corrected chi connectivity index (χ3v) is 7.16. The smallest absolute Gasteiger partial charge is 0.257 e. The molecule has 5 rings (SSSR count). The number of nitriles is 1. The maximum Gasteiger partial charge on any atom is 0.257 e. The van der Waals surface area contributed by atoms with Gasteiger partial charge in [-0.05, 0) is 39.0 Å². The molecule has 0 atom stereocenters. The van der Waals surface area contributed by atoms with Crippen molar-refractivity contribution in [1.29, 1.82) is 5.26 Å². The van der Waals surface area contributed by atoms with E-state index in [1.807, 2.05) is 36.7 Å². The van der Waals surface area contributed by atoms with E-state index in [9.17, 15) is 9.59 Å². The minimum atomic E-state index is -0.287. The molecule has 36 heavy (non-hydrogen) atoms. The van der Waals surface area contributed by atoms with Crippen molar-refractivity contribution in [2.45, 2.75) is 40.4 Å². The minimum Gasteiger partial charge on any atom is -0.496 e. The standard InChI is InChI=1S/C26H25ClN6O3/c1-14-11-20(36-4)19(25(34)29-14)13-32-10-9-31-7-5-17-12-18(23(27)22(24(17)31)26(32)35)21-15(2)30-33(8-6-28)16(21)3/h5,7,11-12H,8-10,13H2,1-4H3,(H,29,34). The first-order valence-electron chi connectivity index (χ1n) is 11.5. The minimum absolute atomic E-state index is 0.0860. The van der Waals surface area contributed by atoms with Gasteiger partial charge in [0.2, 0.25) is 0 Å². The number of rotatable bonds is 5. The lowest BCUT2D eigenvalue weighted by molar-refractivity contribution is 0.0744. The highest BCUT2D eigenvalue weighted by Crippen LogP contribution is 2.41. The number of H-pyrrole nitrogens is 1. The fraction of sp³-hybridized carbons (Fsp3) is 0.308. The molecule has 1 amide bonds. The molecular weight excluding hydrogens is 480 g/mol. The molecule has 4 aromatic rings. The quantitative estimate of drug-likeness (QED) is 0.442. The van der Waals surface area contributed by atoms with Crippen LogP contribution in [-0.2, 0) is 19.6 Å². The number of amides is 1. The van der Waals surface area contributed by atoms with Crippen LogP contribution in [0, 0.1) is 32.1 Å². The van der Waals surface area contributed by atoms with Crippen molar-refractivity contribution in [3.63, 3.8) is 0 Å². The summed E-state index contributed by atoms with van der Waals surface area (Å²) >= 11 is 7.01. The largest absolute Gasteiger partial charge is 0.496 e. The Balaban J connectivity index is 1.66. The number of carbonyl (C=O) groups excluding carboxylic acids is 1. The highest BCUT2D eigenvalue weighted by Gasteiger charge is 2.30. The lowest BCUT2D eigenvalue weighted by atomic mass is 9.98. The van der Waals surface area contributed by atoms with E-state index in [0.29, 0.717) is 46.2 Å². The molecule has 1 aliphatic rings. The zero-order valence-corrected chi connectivity index (χ0v) is 21.2. The maximum absolute atomic E-state index is 14.0. The van der Waals surface area contributed by atoms with Crippen LogP contribution in [0.15, 0.2) is 29.2 Å². The summed E-state index contributed by atoms with van der Waals surface area (Å²) in [6, 6.07) is 7.82. The van der Waals surface area contributed by atoms with Gasteiger partial charge in [0.15, 0.2) is 0 Å². The molecule has 0 spiro atoms. The number of methoxy groups -OCH3 is 1. The van der Waals surface area contributed by atoms with Crippen LogP contribution in [0.4, 0.5) is 0 Å². The normalized spacial score (nSPS) is 13.2. The Morgan fingerprint density at radius 1 is 1.19 bits per heavy atom. The van der Waals surface area contributed by atoms with Crippen molar-refractivity contribution >= 4 is 28.4 Å². The average Bonchev–Trinajstić information content (AvgIpc) is 3.31. The summed E-state index contributed by atoms with van der Waals surface area (Å²) < 4.78 is 9.11. The molecule has 1 aromatic carbocycles. The number of hydrogen-bond donors (Lipinski definition) is 1. The third kappa shape index (κ3) is 3.65. The van der Waals surface area contributed by atoms with E-state index in [1.54, 1.807) is 22.6 Å². The summed E-state index contributed by atoms with van der Waals surface area (Å²) in [6.07, 6.45) is 1.95. The second kappa shape index (κ2) is 8.88. The number of aromatic nitrogens is 4. The van der Waals surface area contributed by atoms with E-state index in [4.69, 9.17) is 21.6 Å². The molecule has 3 aromatic heterocycles. The molecule has 0 unspecified atom stereocenters. The Hall–Kier alpha value is -4.03. The number of benzene rings is 1. The van der Waals surface area contributed by atoms with E-state index in [2.05, 4.69) is 16.2 Å². The molecule has 0 bridgehead atoms. The summed E-state index contributed by atoms with van der Waals surface area (Å²) in [4.78, 5) is 31.2. The van der Waals surface area contributed by atoms with Gasteiger partial charge in [-0.1, -0.05) is 11.6 Å². The predicted octanol–water partition coefficient (Wildman–Crippen LogP) is 3.96. The molecule has 0 radical (unpaired) electrons. The van der Waals surface area contributed by atoms with Crippen LogP contribution in [0.25, 0.3) is 22.0 Å². The highest BCUT2D eigenvalue weighted by atomic mass is 35.5. The van der Waals surface area contributed by atoms with Gasteiger partial charge < -0.3 is 19.2 Å². The van der Waals surface area contributed by atoms with E-state index in [1.165, 1.54) is 7.11 Å². The van der Waals surface area contributed by atoms with Crippen LogP contribution in [0.3, 0.4) is 0 Å². The SMILES string of the molecule is COc1cc(C)[nH]c(=O)c1CN1CCn2ccc3cc(-c4c(C)nn(CC#N)c4C)c(Cl)c(c32)C1=O. The number of carbonyl (C=O) groups is 1. The molecule has 0 saturated heterocycles. The first-order chi connectivity index (χ1) is 17.2. The zero-order chi connectivity index (χ0) is 25.7. The summed E-state index contributed by atoms with van der Waals surface area (Å²) in [7, 11) is 1.51. The van der Waals surface area contributed by atoms with Crippen LogP contribution < -0.4 is 10.3 Å². The average molecular weight is 505 g/mol. The number of ether oxygens (including phenoxy) is 1. The molecule has 1 N–H and O–H groups in total. The molecule has 0 saturated carbocycles. The van der Waals surface area contributed by atoms with Crippen molar-refractivity contribution in [3.05, 3.63) is 68.0 Å². The van der Waals surface area contributed by atoms with Crippen LogP contribution in [0.2, 0.25) is 5.02 Å². The highest BCUT2D eigenvalue weighted by molar-refractivity contribution is 6.38. The lowest BCUT2D eigenvalue weighted by Gasteiger charge is -2.22. The van der Waals surface area contributed by atoms with Gasteiger partial charge in [-0.25, -0.2) is 0 Å². The van der Waals surface area contributed by atoms with Gasteiger partial charge in [0.25, 0.3) is 11.5 Å². The van der Waals surface area contributed by atoms with Crippen LogP contribution in [0.1, 0.15) is 33.0 Å². The Labute approximate surface area is 212 Å². The van der Waals surface area contributed by atoms with E-state index in [0.717, 1.165) is 27.9 Å². The topological polar surface area (TPSA) is 109 Å². The predicted molar refractivity (Wildman–Crippen MR) is 136 cm³/mol. The fourth-order valence-corrected chi connectivity index (χ4v) is 5.39. The summed E-state index contributed by atoms with van der Waals surface area (Å²) in [5.74, 6) is 0.181. The first kappa shape index (κ1) is 23.7. The third-order valence-electron chi connectivity index (χ3n) is 6.77. The number of nitrogens with zero attached hydrogens (tertiary/aromatic N) is 5. The Kier molecular flexibility index (Phi) is 5.85. The number of pyridine rings is 1. The first-order valence-corrected chi connectivity index (χ1v) is 11.9. The maximum atomic E-state index is 14.0.